The van der Waals surface area contributed by atoms with Crippen LogP contribution in [0.15, 0.2) is 10.5 Å². The molecule has 1 aromatic rings. The van der Waals surface area contributed by atoms with Gasteiger partial charge in [-0.15, -0.1) is 0 Å². The van der Waals surface area contributed by atoms with E-state index in [1.165, 1.54) is 0 Å². The summed E-state index contributed by atoms with van der Waals surface area (Å²) in [5, 5.41) is 9.01. The fourth-order valence-electron chi connectivity index (χ4n) is 2.68. The minimum atomic E-state index is -0.794. The first-order valence-electron chi connectivity index (χ1n) is 5.59. The molecule has 0 saturated carbocycles. The molecule has 88 valence electrons. The van der Waals surface area contributed by atoms with Crippen molar-refractivity contribution in [1.82, 2.24) is 0 Å². The summed E-state index contributed by atoms with van der Waals surface area (Å²) in [6.07, 6.45) is 2.77. The summed E-state index contributed by atoms with van der Waals surface area (Å²) in [5.74, 6) is 0.975. The quantitative estimate of drug-likeness (QED) is 0.816. The average Bonchev–Trinajstić information content (AvgIpc) is 2.59. The first-order chi connectivity index (χ1) is 7.57. The third-order valence-corrected chi connectivity index (χ3v) is 3.44. The molecule has 1 atom stereocenters. The van der Waals surface area contributed by atoms with Gasteiger partial charge in [-0.25, -0.2) is 0 Å². The average molecular weight is 223 g/mol. The third-order valence-electron chi connectivity index (χ3n) is 3.44. The van der Waals surface area contributed by atoms with E-state index < -0.39 is 11.4 Å². The lowest BCUT2D eigenvalue weighted by atomic mass is 9.70. The zero-order valence-corrected chi connectivity index (χ0v) is 9.45. The summed E-state index contributed by atoms with van der Waals surface area (Å²) in [6, 6.07) is 1.95. The standard InChI is InChI=1S/C12H17NO3/c1-8-5-9-10(16-8)3-2-4-12(9,7-13)6-11(14)15/h5H,2-4,6-7,13H2,1H3,(H,14,15). The maximum Gasteiger partial charge on any atom is 0.304 e. The predicted molar refractivity (Wildman–Crippen MR) is 59.4 cm³/mol. The van der Waals surface area contributed by atoms with E-state index >= 15 is 0 Å². The van der Waals surface area contributed by atoms with Crippen molar-refractivity contribution in [2.75, 3.05) is 6.54 Å². The lowest BCUT2D eigenvalue weighted by Gasteiger charge is -2.34. The Kier molecular flexibility index (Phi) is 2.76. The summed E-state index contributed by atoms with van der Waals surface area (Å²) >= 11 is 0. The third kappa shape index (κ3) is 1.73. The Morgan fingerprint density at radius 1 is 1.69 bits per heavy atom. The van der Waals surface area contributed by atoms with Crippen molar-refractivity contribution in [2.45, 2.75) is 38.0 Å². The van der Waals surface area contributed by atoms with Crippen LogP contribution in [-0.4, -0.2) is 17.6 Å². The largest absolute Gasteiger partial charge is 0.481 e. The van der Waals surface area contributed by atoms with E-state index in [4.69, 9.17) is 15.3 Å². The van der Waals surface area contributed by atoms with E-state index in [9.17, 15) is 4.79 Å². The van der Waals surface area contributed by atoms with Crippen LogP contribution in [0, 0.1) is 6.92 Å². The zero-order valence-electron chi connectivity index (χ0n) is 9.45. The van der Waals surface area contributed by atoms with Gasteiger partial charge in [0.05, 0.1) is 6.42 Å². The number of hydrogen-bond acceptors (Lipinski definition) is 3. The highest BCUT2D eigenvalue weighted by atomic mass is 16.4. The van der Waals surface area contributed by atoms with Crippen molar-refractivity contribution in [1.29, 1.82) is 0 Å². The van der Waals surface area contributed by atoms with Gasteiger partial charge in [0.1, 0.15) is 11.5 Å². The number of furan rings is 1. The van der Waals surface area contributed by atoms with Crippen LogP contribution in [0.1, 0.15) is 36.3 Å². The maximum absolute atomic E-state index is 11.0. The molecular weight excluding hydrogens is 206 g/mol. The second-order valence-electron chi connectivity index (χ2n) is 4.60. The van der Waals surface area contributed by atoms with Gasteiger partial charge in [0, 0.05) is 23.9 Å². The maximum atomic E-state index is 11.0. The van der Waals surface area contributed by atoms with E-state index in [0.717, 1.165) is 36.3 Å². The van der Waals surface area contributed by atoms with Crippen LogP contribution in [0.3, 0.4) is 0 Å². The molecule has 1 heterocycles. The number of aryl methyl sites for hydroxylation is 2. The smallest absolute Gasteiger partial charge is 0.304 e. The Labute approximate surface area is 94.4 Å². The van der Waals surface area contributed by atoms with Crippen LogP contribution in [0.5, 0.6) is 0 Å². The Balaban J connectivity index is 2.44. The molecule has 1 aliphatic rings. The van der Waals surface area contributed by atoms with Crippen molar-refractivity contribution in [3.63, 3.8) is 0 Å². The molecule has 1 unspecified atom stereocenters. The molecule has 16 heavy (non-hydrogen) atoms. The van der Waals surface area contributed by atoms with Gasteiger partial charge in [0.25, 0.3) is 0 Å². The van der Waals surface area contributed by atoms with Gasteiger partial charge >= 0.3 is 5.97 Å². The van der Waals surface area contributed by atoms with Gasteiger partial charge in [0.2, 0.25) is 0 Å². The summed E-state index contributed by atoms with van der Waals surface area (Å²) < 4.78 is 5.60. The molecule has 0 fully saturated rings. The van der Waals surface area contributed by atoms with E-state index in [1.54, 1.807) is 0 Å². The van der Waals surface area contributed by atoms with Crippen molar-refractivity contribution >= 4 is 5.97 Å². The van der Waals surface area contributed by atoms with Gasteiger partial charge in [-0.1, -0.05) is 0 Å². The SMILES string of the molecule is Cc1cc2c(o1)CCCC2(CN)CC(=O)O. The van der Waals surface area contributed by atoms with Crippen molar-refractivity contribution in [3.8, 4) is 0 Å². The molecule has 0 aliphatic heterocycles. The number of fused-ring (bicyclic) bond motifs is 1. The normalized spacial score (nSPS) is 24.1. The van der Waals surface area contributed by atoms with Crippen molar-refractivity contribution in [2.24, 2.45) is 5.73 Å². The van der Waals surface area contributed by atoms with Crippen LogP contribution in [0.2, 0.25) is 0 Å². The van der Waals surface area contributed by atoms with Crippen LogP contribution >= 0.6 is 0 Å². The topological polar surface area (TPSA) is 76.5 Å². The predicted octanol–water partition coefficient (Wildman–Crippen LogP) is 1.60. The van der Waals surface area contributed by atoms with Gasteiger partial charge in [-0.2, -0.15) is 0 Å². The highest BCUT2D eigenvalue weighted by Crippen LogP contribution is 2.40. The Bertz CT molecular complexity index is 410. The molecule has 1 aromatic heterocycles. The highest BCUT2D eigenvalue weighted by Gasteiger charge is 2.39. The van der Waals surface area contributed by atoms with Gasteiger partial charge in [0.15, 0.2) is 0 Å². The fourth-order valence-corrected chi connectivity index (χ4v) is 2.68. The Hall–Kier alpha value is -1.29. The molecule has 0 bridgehead atoms. The number of carboxylic acid groups (broad SMARTS) is 1. The number of carboxylic acids is 1. The van der Waals surface area contributed by atoms with Gasteiger partial charge in [-0.05, 0) is 25.8 Å². The molecule has 0 saturated heterocycles. The van der Waals surface area contributed by atoms with E-state index in [1.807, 2.05) is 13.0 Å². The van der Waals surface area contributed by atoms with Crippen molar-refractivity contribution in [3.05, 3.63) is 23.2 Å². The number of aliphatic carboxylic acids is 1. The van der Waals surface area contributed by atoms with Gasteiger partial charge < -0.3 is 15.3 Å². The molecule has 0 radical (unpaired) electrons. The Morgan fingerprint density at radius 2 is 2.44 bits per heavy atom. The van der Waals surface area contributed by atoms with Crippen LogP contribution in [0.25, 0.3) is 0 Å². The molecule has 1 aliphatic carbocycles. The molecular formula is C12H17NO3. The number of hydrogen-bond donors (Lipinski definition) is 2. The second kappa shape index (κ2) is 3.94. The second-order valence-corrected chi connectivity index (χ2v) is 4.60. The van der Waals surface area contributed by atoms with Crippen molar-refractivity contribution < 1.29 is 14.3 Å². The van der Waals surface area contributed by atoms with Crippen LogP contribution in [-0.2, 0) is 16.6 Å². The van der Waals surface area contributed by atoms with Gasteiger partial charge in [-0.3, -0.25) is 4.79 Å². The summed E-state index contributed by atoms with van der Waals surface area (Å²) in [5.41, 5.74) is 6.40. The minimum Gasteiger partial charge on any atom is -0.481 e. The van der Waals surface area contributed by atoms with E-state index in [2.05, 4.69) is 0 Å². The highest BCUT2D eigenvalue weighted by molar-refractivity contribution is 5.69. The molecule has 0 spiro atoms. The summed E-state index contributed by atoms with van der Waals surface area (Å²) in [4.78, 5) is 11.0. The molecule has 3 N–H and O–H groups in total. The number of rotatable bonds is 3. The monoisotopic (exact) mass is 223 g/mol. The summed E-state index contributed by atoms with van der Waals surface area (Å²) in [6.45, 7) is 2.26. The number of nitrogens with two attached hydrogens (primary N) is 1. The first-order valence-corrected chi connectivity index (χ1v) is 5.59. The Morgan fingerprint density at radius 3 is 3.06 bits per heavy atom. The first kappa shape index (κ1) is 11.2. The minimum absolute atomic E-state index is 0.0927. The fraction of sp³-hybridized carbons (Fsp3) is 0.583. The lowest BCUT2D eigenvalue weighted by molar-refractivity contribution is -0.138. The zero-order chi connectivity index (χ0) is 11.8. The van der Waals surface area contributed by atoms with E-state index in [-0.39, 0.29) is 6.42 Å². The molecule has 0 aromatic carbocycles. The molecule has 0 amide bonds. The van der Waals surface area contributed by atoms with Crippen LogP contribution < -0.4 is 5.73 Å². The number of carbonyl (C=O) groups is 1. The summed E-state index contributed by atoms with van der Waals surface area (Å²) in [7, 11) is 0. The molecule has 4 nitrogen and oxygen atoms in total. The van der Waals surface area contributed by atoms with Crippen LogP contribution in [0.4, 0.5) is 0 Å². The molecule has 4 heteroatoms. The van der Waals surface area contributed by atoms with E-state index in [0.29, 0.717) is 6.54 Å². The molecule has 2 rings (SSSR count). The lowest BCUT2D eigenvalue weighted by Crippen LogP contribution is -2.39.